The molecule has 0 atom stereocenters. The van der Waals surface area contributed by atoms with Crippen LogP contribution in [0.5, 0.6) is 0 Å². The van der Waals surface area contributed by atoms with Crippen molar-refractivity contribution in [3.8, 4) is 5.69 Å². The van der Waals surface area contributed by atoms with E-state index in [-0.39, 0.29) is 11.7 Å². The van der Waals surface area contributed by atoms with E-state index in [0.29, 0.717) is 0 Å². The molecule has 0 aliphatic heterocycles. The van der Waals surface area contributed by atoms with E-state index in [2.05, 4.69) is 5.10 Å². The normalized spacial score (nSPS) is 12.2. The summed E-state index contributed by atoms with van der Waals surface area (Å²) in [7, 11) is 0. The van der Waals surface area contributed by atoms with Crippen molar-refractivity contribution in [2.75, 3.05) is 0 Å². The Morgan fingerprint density at radius 2 is 1.77 bits per heavy atom. The van der Waals surface area contributed by atoms with Gasteiger partial charge in [-0.2, -0.15) is 9.78 Å². The van der Waals surface area contributed by atoms with Crippen LogP contribution in [-0.2, 0) is 0 Å². The molecule has 2 heterocycles. The summed E-state index contributed by atoms with van der Waals surface area (Å²) in [6, 6.07) is 12.6. The van der Waals surface area contributed by atoms with Gasteiger partial charge in [-0.1, -0.05) is 26.8 Å². The van der Waals surface area contributed by atoms with E-state index >= 15 is 0 Å². The van der Waals surface area contributed by atoms with E-state index in [0.717, 1.165) is 33.2 Å². The summed E-state index contributed by atoms with van der Waals surface area (Å²) in [5, 5.41) is 6.17. The first-order chi connectivity index (χ1) is 12.3. The lowest BCUT2D eigenvalue weighted by atomic mass is 9.96. The van der Waals surface area contributed by atoms with Gasteiger partial charge in [-0.15, -0.1) is 0 Å². The molecule has 0 fully saturated rings. The lowest BCUT2D eigenvalue weighted by molar-refractivity contribution is 0.0755. The molecule has 0 saturated carbocycles. The van der Waals surface area contributed by atoms with Gasteiger partial charge in [0.25, 0.3) is 5.91 Å². The average Bonchev–Trinajstić information content (AvgIpc) is 3.10. The lowest BCUT2D eigenvalue weighted by Crippen LogP contribution is -2.27. The molecule has 0 N–H and O–H groups in total. The molecule has 0 spiro atoms. The van der Waals surface area contributed by atoms with Crippen LogP contribution in [-0.4, -0.2) is 20.3 Å². The van der Waals surface area contributed by atoms with Crippen LogP contribution >= 0.6 is 0 Å². The third-order valence-corrected chi connectivity index (χ3v) is 4.57. The molecule has 0 amide bonds. The summed E-state index contributed by atoms with van der Waals surface area (Å²) in [6.07, 6.45) is 1.71. The molecule has 4 nitrogen and oxygen atoms in total. The Morgan fingerprint density at radius 1 is 1.04 bits per heavy atom. The highest BCUT2D eigenvalue weighted by atomic mass is 19.1. The van der Waals surface area contributed by atoms with Crippen LogP contribution in [0.1, 0.15) is 31.3 Å². The van der Waals surface area contributed by atoms with Crippen molar-refractivity contribution < 1.29 is 9.18 Å². The molecule has 0 radical (unpaired) electrons. The van der Waals surface area contributed by atoms with Gasteiger partial charge in [0.2, 0.25) is 0 Å². The van der Waals surface area contributed by atoms with E-state index in [1.54, 1.807) is 12.3 Å². The lowest BCUT2D eigenvalue weighted by Gasteiger charge is -2.16. The van der Waals surface area contributed by atoms with E-state index in [4.69, 9.17) is 0 Å². The minimum Gasteiger partial charge on any atom is -0.314 e. The Kier molecular flexibility index (Phi) is 3.51. The molecule has 0 bridgehead atoms. The van der Waals surface area contributed by atoms with Crippen LogP contribution < -0.4 is 0 Å². The Morgan fingerprint density at radius 3 is 2.46 bits per heavy atom. The number of aryl methyl sites for hydroxylation is 1. The van der Waals surface area contributed by atoms with Crippen LogP contribution in [0.25, 0.3) is 27.5 Å². The zero-order valence-electron chi connectivity index (χ0n) is 15.2. The number of hydrogen-bond donors (Lipinski definition) is 0. The van der Waals surface area contributed by atoms with Crippen molar-refractivity contribution >= 4 is 27.7 Å². The maximum Gasteiger partial charge on any atom is 0.252 e. The number of fused-ring (bicyclic) bond motifs is 2. The monoisotopic (exact) mass is 349 g/mol. The van der Waals surface area contributed by atoms with Gasteiger partial charge in [0.1, 0.15) is 5.82 Å². The molecule has 4 aromatic rings. The maximum atomic E-state index is 13.7. The van der Waals surface area contributed by atoms with Crippen LogP contribution in [0.15, 0.2) is 48.7 Å². The van der Waals surface area contributed by atoms with Gasteiger partial charge in [-0.25, -0.2) is 4.39 Å². The van der Waals surface area contributed by atoms with E-state index in [1.165, 1.54) is 16.8 Å². The zero-order valence-corrected chi connectivity index (χ0v) is 15.2. The fourth-order valence-electron chi connectivity index (χ4n) is 3.30. The number of rotatable bonds is 1. The number of carbonyl (C=O) groups is 1. The summed E-state index contributed by atoms with van der Waals surface area (Å²) < 4.78 is 17.2. The number of aromatic nitrogens is 3. The van der Waals surface area contributed by atoms with Crippen LogP contribution in [0.3, 0.4) is 0 Å². The van der Waals surface area contributed by atoms with Gasteiger partial charge in [0.05, 0.1) is 17.2 Å². The SMILES string of the molecule is Cc1cc2cc3c(cnn3C(=O)C(C)(C)C)cc2n1-c1cccc(F)c1. The molecule has 0 saturated heterocycles. The fraction of sp³-hybridized carbons (Fsp3) is 0.238. The number of nitrogens with zero attached hydrogens (tertiary/aromatic N) is 3. The molecule has 2 aromatic carbocycles. The Balaban J connectivity index is 1.97. The second-order valence-electron chi connectivity index (χ2n) is 7.68. The molecule has 0 unspecified atom stereocenters. The molecule has 0 aliphatic carbocycles. The van der Waals surface area contributed by atoms with E-state index in [9.17, 15) is 9.18 Å². The van der Waals surface area contributed by atoms with Crippen molar-refractivity contribution in [1.82, 2.24) is 14.3 Å². The second-order valence-corrected chi connectivity index (χ2v) is 7.68. The second kappa shape index (κ2) is 5.53. The fourth-order valence-corrected chi connectivity index (χ4v) is 3.30. The number of benzene rings is 2. The van der Waals surface area contributed by atoms with Crippen molar-refractivity contribution in [3.05, 3.63) is 60.2 Å². The molecule has 4 rings (SSSR count). The van der Waals surface area contributed by atoms with Crippen molar-refractivity contribution in [3.63, 3.8) is 0 Å². The maximum absolute atomic E-state index is 13.7. The van der Waals surface area contributed by atoms with Crippen molar-refractivity contribution in [1.29, 1.82) is 0 Å². The summed E-state index contributed by atoms with van der Waals surface area (Å²) in [5.74, 6) is -0.318. The first kappa shape index (κ1) is 16.5. The van der Waals surface area contributed by atoms with Gasteiger partial charge < -0.3 is 4.57 Å². The molecule has 26 heavy (non-hydrogen) atoms. The Hall–Kier alpha value is -2.95. The molecular weight excluding hydrogens is 329 g/mol. The molecule has 132 valence electrons. The summed E-state index contributed by atoms with van der Waals surface area (Å²) in [6.45, 7) is 7.63. The van der Waals surface area contributed by atoms with Crippen LogP contribution in [0.2, 0.25) is 0 Å². The topological polar surface area (TPSA) is 39.8 Å². The third-order valence-electron chi connectivity index (χ3n) is 4.57. The van der Waals surface area contributed by atoms with Crippen LogP contribution in [0, 0.1) is 18.2 Å². The van der Waals surface area contributed by atoms with E-state index in [1.807, 2.05) is 56.5 Å². The largest absolute Gasteiger partial charge is 0.314 e. The van der Waals surface area contributed by atoms with E-state index < -0.39 is 5.41 Å². The van der Waals surface area contributed by atoms with Gasteiger partial charge in [0.15, 0.2) is 0 Å². The predicted molar refractivity (Wildman–Crippen MR) is 101 cm³/mol. The summed E-state index contributed by atoms with van der Waals surface area (Å²) >= 11 is 0. The quantitative estimate of drug-likeness (QED) is 0.479. The Bertz CT molecular complexity index is 1160. The highest BCUT2D eigenvalue weighted by Crippen LogP contribution is 2.30. The van der Waals surface area contributed by atoms with Gasteiger partial charge in [-0.3, -0.25) is 4.79 Å². The van der Waals surface area contributed by atoms with Crippen molar-refractivity contribution in [2.45, 2.75) is 27.7 Å². The molecule has 5 heteroatoms. The first-order valence-electron chi connectivity index (χ1n) is 8.56. The van der Waals surface area contributed by atoms with Gasteiger partial charge >= 0.3 is 0 Å². The minimum absolute atomic E-state index is 0.0480. The van der Waals surface area contributed by atoms with Crippen molar-refractivity contribution in [2.24, 2.45) is 5.41 Å². The van der Waals surface area contributed by atoms with Gasteiger partial charge in [0, 0.05) is 27.6 Å². The first-order valence-corrected chi connectivity index (χ1v) is 8.56. The molecule has 2 aromatic heterocycles. The third kappa shape index (κ3) is 2.51. The number of hydrogen-bond acceptors (Lipinski definition) is 2. The molecule has 0 aliphatic rings. The molecular formula is C21H20FN3O. The Labute approximate surface area is 150 Å². The highest BCUT2D eigenvalue weighted by Gasteiger charge is 2.25. The minimum atomic E-state index is -0.517. The smallest absolute Gasteiger partial charge is 0.252 e. The standard InChI is InChI=1S/C21H20FN3O/c1-13-8-14-9-19-15(12-23-25(19)20(26)21(2,3)4)10-18(14)24(13)17-7-5-6-16(22)11-17/h5-12H,1-4H3. The zero-order chi connectivity index (χ0) is 18.6. The predicted octanol–water partition coefficient (Wildman–Crippen LogP) is 5.11. The van der Waals surface area contributed by atoms with Gasteiger partial charge in [-0.05, 0) is 43.3 Å². The number of halogens is 1. The highest BCUT2D eigenvalue weighted by molar-refractivity contribution is 6.01. The number of carbonyl (C=O) groups excluding carboxylic acids is 1. The summed E-state index contributed by atoms with van der Waals surface area (Å²) in [5.41, 5.74) is 3.00. The average molecular weight is 349 g/mol. The van der Waals surface area contributed by atoms with Crippen LogP contribution in [0.4, 0.5) is 4.39 Å². The summed E-state index contributed by atoms with van der Waals surface area (Å²) in [4.78, 5) is 12.7.